The van der Waals surface area contributed by atoms with Gasteiger partial charge in [0.25, 0.3) is 0 Å². The van der Waals surface area contributed by atoms with E-state index in [1.165, 1.54) is 0 Å². The number of anilines is 1. The summed E-state index contributed by atoms with van der Waals surface area (Å²) in [5.41, 5.74) is 2.33. The molecule has 1 N–H and O–H groups in total. The zero-order valence-electron chi connectivity index (χ0n) is 13.9. The molecular formula is C17H19ClN6O. The molecule has 0 saturated carbocycles. The van der Waals surface area contributed by atoms with E-state index >= 15 is 0 Å². The fourth-order valence-electron chi connectivity index (χ4n) is 3.00. The molecule has 1 aromatic carbocycles. The average Bonchev–Trinajstić information content (AvgIpc) is 3.25. The molecule has 3 aromatic rings. The Morgan fingerprint density at radius 3 is 3.00 bits per heavy atom. The first-order valence-electron chi connectivity index (χ1n) is 8.37. The molecule has 25 heavy (non-hydrogen) atoms. The highest BCUT2D eigenvalue weighted by atomic mass is 35.5. The van der Waals surface area contributed by atoms with Gasteiger partial charge in [0.1, 0.15) is 5.82 Å². The Labute approximate surface area is 150 Å². The van der Waals surface area contributed by atoms with E-state index in [4.69, 9.17) is 16.3 Å². The van der Waals surface area contributed by atoms with Crippen LogP contribution in [0.3, 0.4) is 0 Å². The van der Waals surface area contributed by atoms with Crippen molar-refractivity contribution in [3.05, 3.63) is 40.7 Å². The number of ether oxygens (including phenoxy) is 1. The van der Waals surface area contributed by atoms with Crippen molar-refractivity contribution in [3.63, 3.8) is 0 Å². The first-order valence-corrected chi connectivity index (χ1v) is 8.75. The number of fused-ring (bicyclic) bond motifs is 1. The van der Waals surface area contributed by atoms with Gasteiger partial charge in [-0.05, 0) is 31.4 Å². The minimum Gasteiger partial charge on any atom is -0.376 e. The average molecular weight is 359 g/mol. The SMILES string of the molecule is Cc1nc(NC[C@@H]2CCCO2)c2nnn(Cc3ccccc3Cl)c2n1. The van der Waals surface area contributed by atoms with Crippen molar-refractivity contribution in [2.75, 3.05) is 18.5 Å². The normalized spacial score (nSPS) is 17.3. The van der Waals surface area contributed by atoms with Crippen LogP contribution in [-0.4, -0.2) is 44.2 Å². The predicted molar refractivity (Wildman–Crippen MR) is 95.9 cm³/mol. The van der Waals surface area contributed by atoms with Gasteiger partial charge < -0.3 is 10.1 Å². The molecule has 1 aliphatic heterocycles. The van der Waals surface area contributed by atoms with Crippen molar-refractivity contribution in [2.45, 2.75) is 32.4 Å². The van der Waals surface area contributed by atoms with Crippen molar-refractivity contribution < 1.29 is 4.74 Å². The summed E-state index contributed by atoms with van der Waals surface area (Å²) in [5, 5.41) is 12.6. The molecule has 2 aromatic heterocycles. The monoisotopic (exact) mass is 358 g/mol. The zero-order chi connectivity index (χ0) is 17.2. The third kappa shape index (κ3) is 3.43. The van der Waals surface area contributed by atoms with Gasteiger partial charge in [0.05, 0.1) is 12.6 Å². The van der Waals surface area contributed by atoms with Crippen molar-refractivity contribution in [2.24, 2.45) is 0 Å². The molecule has 0 spiro atoms. The summed E-state index contributed by atoms with van der Waals surface area (Å²) in [4.78, 5) is 8.99. The maximum Gasteiger partial charge on any atom is 0.184 e. The Morgan fingerprint density at radius 1 is 1.32 bits per heavy atom. The van der Waals surface area contributed by atoms with E-state index in [9.17, 15) is 0 Å². The third-order valence-corrected chi connectivity index (χ3v) is 4.64. The van der Waals surface area contributed by atoms with Crippen LogP contribution in [0.25, 0.3) is 11.2 Å². The first kappa shape index (κ1) is 16.2. The molecule has 1 saturated heterocycles. The smallest absolute Gasteiger partial charge is 0.184 e. The van der Waals surface area contributed by atoms with Crippen LogP contribution in [-0.2, 0) is 11.3 Å². The topological polar surface area (TPSA) is 77.8 Å². The van der Waals surface area contributed by atoms with Crippen LogP contribution < -0.4 is 5.32 Å². The Hall–Kier alpha value is -2.25. The Balaban J connectivity index is 1.62. The van der Waals surface area contributed by atoms with E-state index in [1.54, 1.807) is 4.68 Å². The summed E-state index contributed by atoms with van der Waals surface area (Å²) >= 11 is 6.26. The van der Waals surface area contributed by atoms with Gasteiger partial charge in [-0.3, -0.25) is 0 Å². The van der Waals surface area contributed by atoms with Gasteiger partial charge in [-0.1, -0.05) is 35.0 Å². The van der Waals surface area contributed by atoms with Gasteiger partial charge in [0.2, 0.25) is 0 Å². The predicted octanol–water partition coefficient (Wildman–Crippen LogP) is 2.82. The molecule has 0 radical (unpaired) electrons. The maximum atomic E-state index is 6.26. The molecule has 8 heteroatoms. The molecule has 1 atom stereocenters. The molecule has 0 aliphatic carbocycles. The van der Waals surface area contributed by atoms with Gasteiger partial charge in [0.15, 0.2) is 17.0 Å². The Morgan fingerprint density at radius 2 is 2.20 bits per heavy atom. The number of hydrogen-bond donors (Lipinski definition) is 1. The minimum atomic E-state index is 0.225. The van der Waals surface area contributed by atoms with Crippen LogP contribution in [0.15, 0.2) is 24.3 Å². The summed E-state index contributed by atoms with van der Waals surface area (Å²) in [6, 6.07) is 7.70. The second-order valence-electron chi connectivity index (χ2n) is 6.15. The second kappa shape index (κ2) is 6.93. The Kier molecular flexibility index (Phi) is 4.50. The summed E-state index contributed by atoms with van der Waals surface area (Å²) in [6.07, 6.45) is 2.40. The van der Waals surface area contributed by atoms with Crippen molar-refractivity contribution in [1.82, 2.24) is 25.0 Å². The number of nitrogens with one attached hydrogen (secondary N) is 1. The van der Waals surface area contributed by atoms with Crippen LogP contribution >= 0.6 is 11.6 Å². The van der Waals surface area contributed by atoms with Crippen LogP contribution in [0.5, 0.6) is 0 Å². The van der Waals surface area contributed by atoms with E-state index < -0.39 is 0 Å². The lowest BCUT2D eigenvalue weighted by Crippen LogP contribution is -2.19. The molecule has 4 rings (SSSR count). The van der Waals surface area contributed by atoms with E-state index in [0.717, 1.165) is 25.0 Å². The number of aromatic nitrogens is 5. The van der Waals surface area contributed by atoms with Crippen molar-refractivity contribution in [3.8, 4) is 0 Å². The molecular weight excluding hydrogens is 340 g/mol. The van der Waals surface area contributed by atoms with Gasteiger partial charge in [0, 0.05) is 18.2 Å². The number of aryl methyl sites for hydroxylation is 1. The molecule has 0 unspecified atom stereocenters. The molecule has 0 amide bonds. The lowest BCUT2D eigenvalue weighted by molar-refractivity contribution is 0.120. The third-order valence-electron chi connectivity index (χ3n) is 4.27. The number of halogens is 1. The fraction of sp³-hybridized carbons (Fsp3) is 0.412. The summed E-state index contributed by atoms with van der Waals surface area (Å²) in [5.74, 6) is 1.37. The zero-order valence-corrected chi connectivity index (χ0v) is 14.7. The largest absolute Gasteiger partial charge is 0.376 e. The van der Waals surface area contributed by atoms with Crippen LogP contribution in [0.2, 0.25) is 5.02 Å². The number of rotatable bonds is 5. The molecule has 1 aliphatic rings. The molecule has 130 valence electrons. The lowest BCUT2D eigenvalue weighted by atomic mass is 10.2. The summed E-state index contributed by atoms with van der Waals surface area (Å²) in [6.45, 7) is 3.92. The highest BCUT2D eigenvalue weighted by Crippen LogP contribution is 2.22. The van der Waals surface area contributed by atoms with Gasteiger partial charge in [-0.25, -0.2) is 14.6 Å². The van der Waals surface area contributed by atoms with Gasteiger partial charge in [-0.15, -0.1) is 5.10 Å². The maximum absolute atomic E-state index is 6.26. The molecule has 0 bridgehead atoms. The second-order valence-corrected chi connectivity index (χ2v) is 6.55. The number of hydrogen-bond acceptors (Lipinski definition) is 6. The summed E-state index contributed by atoms with van der Waals surface area (Å²) < 4.78 is 7.41. The fourth-order valence-corrected chi connectivity index (χ4v) is 3.19. The van der Waals surface area contributed by atoms with Crippen molar-refractivity contribution >= 4 is 28.6 Å². The van der Waals surface area contributed by atoms with E-state index in [1.807, 2.05) is 31.2 Å². The van der Waals surface area contributed by atoms with Crippen molar-refractivity contribution in [1.29, 1.82) is 0 Å². The lowest BCUT2D eigenvalue weighted by Gasteiger charge is -2.11. The molecule has 7 nitrogen and oxygen atoms in total. The highest BCUT2D eigenvalue weighted by molar-refractivity contribution is 6.31. The van der Waals surface area contributed by atoms with Crippen LogP contribution in [0.1, 0.15) is 24.2 Å². The van der Waals surface area contributed by atoms with E-state index in [0.29, 0.717) is 40.9 Å². The number of benzene rings is 1. The minimum absolute atomic E-state index is 0.225. The van der Waals surface area contributed by atoms with Crippen LogP contribution in [0, 0.1) is 6.92 Å². The molecule has 3 heterocycles. The standard InChI is InChI=1S/C17H19ClN6O/c1-11-20-16(19-9-13-6-4-8-25-13)15-17(21-11)24(23-22-15)10-12-5-2-3-7-14(12)18/h2-3,5,7,13H,4,6,8-10H2,1H3,(H,19,20,21)/t13-/m0/s1. The van der Waals surface area contributed by atoms with Gasteiger partial charge >= 0.3 is 0 Å². The summed E-state index contributed by atoms with van der Waals surface area (Å²) in [7, 11) is 0. The quantitative estimate of drug-likeness (QED) is 0.755. The molecule has 1 fully saturated rings. The first-order chi connectivity index (χ1) is 12.2. The highest BCUT2D eigenvalue weighted by Gasteiger charge is 2.18. The van der Waals surface area contributed by atoms with Gasteiger partial charge in [-0.2, -0.15) is 0 Å². The number of nitrogens with zero attached hydrogens (tertiary/aromatic N) is 5. The van der Waals surface area contributed by atoms with E-state index in [2.05, 4.69) is 25.6 Å². The van der Waals surface area contributed by atoms with Crippen LogP contribution in [0.4, 0.5) is 5.82 Å². The van der Waals surface area contributed by atoms with E-state index in [-0.39, 0.29) is 6.10 Å². The Bertz CT molecular complexity index is 890.